The molecule has 0 saturated carbocycles. The minimum atomic E-state index is 0. The zero-order valence-electron chi connectivity index (χ0n) is 13.1. The zero-order chi connectivity index (χ0) is 14.2. The summed E-state index contributed by atoms with van der Waals surface area (Å²) in [6.45, 7) is 5.26. The van der Waals surface area contributed by atoms with Crippen molar-refractivity contribution in [3.05, 3.63) is 28.9 Å². The Morgan fingerprint density at radius 3 is 3.04 bits per heavy atom. The lowest BCUT2D eigenvalue weighted by molar-refractivity contribution is 0.654. The third-order valence-corrected chi connectivity index (χ3v) is 5.55. The van der Waals surface area contributed by atoms with Crippen molar-refractivity contribution in [2.45, 2.75) is 38.8 Å². The van der Waals surface area contributed by atoms with Crippen LogP contribution in [0.25, 0.3) is 10.2 Å². The maximum atomic E-state index is 4.66. The Kier molecular flexibility index (Phi) is 6.26. The molecule has 1 N–H and O–H groups in total. The Bertz CT molecular complexity index is 701. The summed E-state index contributed by atoms with van der Waals surface area (Å²) in [4.78, 5) is 14.2. The summed E-state index contributed by atoms with van der Waals surface area (Å²) in [6.07, 6.45) is 9.82. The van der Waals surface area contributed by atoms with Crippen molar-refractivity contribution in [2.24, 2.45) is 0 Å². The predicted molar refractivity (Wildman–Crippen MR) is 103 cm³/mol. The SMILES string of the molecule is CCCC1C=CCN1c1ncnc2sc3c(c12)CCNC3.Cl.Cl. The van der Waals surface area contributed by atoms with E-state index in [1.165, 1.54) is 28.7 Å². The number of rotatable bonds is 3. The molecule has 4 nitrogen and oxygen atoms in total. The average Bonchev–Trinajstić information content (AvgIpc) is 3.11. The summed E-state index contributed by atoms with van der Waals surface area (Å²) in [5.74, 6) is 1.14. The Hall–Kier alpha value is -0.880. The van der Waals surface area contributed by atoms with Gasteiger partial charge in [0.05, 0.1) is 5.39 Å². The fraction of sp³-hybridized carbons (Fsp3) is 0.500. The van der Waals surface area contributed by atoms with Crippen LogP contribution in [0.4, 0.5) is 5.82 Å². The first-order chi connectivity index (χ1) is 10.4. The van der Waals surface area contributed by atoms with Gasteiger partial charge in [0, 0.05) is 24.0 Å². The molecule has 2 aliphatic heterocycles. The third-order valence-electron chi connectivity index (χ3n) is 4.41. The maximum absolute atomic E-state index is 4.66. The summed E-state index contributed by atoms with van der Waals surface area (Å²) in [5.41, 5.74) is 1.48. The van der Waals surface area contributed by atoms with E-state index in [0.29, 0.717) is 6.04 Å². The highest BCUT2D eigenvalue weighted by Gasteiger charge is 2.26. The van der Waals surface area contributed by atoms with Crippen molar-refractivity contribution in [1.29, 1.82) is 0 Å². The summed E-state index contributed by atoms with van der Waals surface area (Å²) in [6, 6.07) is 0.491. The fourth-order valence-electron chi connectivity index (χ4n) is 3.42. The van der Waals surface area contributed by atoms with Crippen molar-refractivity contribution < 1.29 is 0 Å². The Morgan fingerprint density at radius 1 is 1.35 bits per heavy atom. The minimum absolute atomic E-state index is 0. The second kappa shape index (κ2) is 7.79. The van der Waals surface area contributed by atoms with Crippen molar-refractivity contribution in [3.63, 3.8) is 0 Å². The number of thiophene rings is 1. The second-order valence-corrected chi connectivity index (χ2v) is 6.83. The average molecular weight is 373 g/mol. The number of aromatic nitrogens is 2. The van der Waals surface area contributed by atoms with E-state index in [0.717, 1.165) is 36.7 Å². The van der Waals surface area contributed by atoms with Crippen LogP contribution in [-0.4, -0.2) is 29.1 Å². The molecule has 0 saturated heterocycles. The lowest BCUT2D eigenvalue weighted by Gasteiger charge is -2.26. The number of anilines is 1. The molecule has 23 heavy (non-hydrogen) atoms. The Labute approximate surface area is 153 Å². The van der Waals surface area contributed by atoms with Gasteiger partial charge in [-0.1, -0.05) is 25.5 Å². The van der Waals surface area contributed by atoms with E-state index in [1.807, 2.05) is 11.3 Å². The number of nitrogens with zero attached hydrogens (tertiary/aromatic N) is 3. The van der Waals surface area contributed by atoms with E-state index < -0.39 is 0 Å². The monoisotopic (exact) mass is 372 g/mol. The maximum Gasteiger partial charge on any atom is 0.141 e. The molecule has 0 fully saturated rings. The first kappa shape index (κ1) is 18.5. The summed E-state index contributed by atoms with van der Waals surface area (Å²) < 4.78 is 0. The molecule has 126 valence electrons. The van der Waals surface area contributed by atoms with Crippen LogP contribution >= 0.6 is 36.2 Å². The van der Waals surface area contributed by atoms with Crippen LogP contribution < -0.4 is 10.2 Å². The molecule has 1 unspecified atom stereocenters. The molecule has 2 aromatic heterocycles. The molecule has 0 aliphatic carbocycles. The van der Waals surface area contributed by atoms with Crippen molar-refractivity contribution >= 4 is 52.2 Å². The van der Waals surface area contributed by atoms with Gasteiger partial charge in [0.25, 0.3) is 0 Å². The van der Waals surface area contributed by atoms with Crippen molar-refractivity contribution in [3.8, 4) is 0 Å². The predicted octanol–water partition coefficient (Wildman–Crippen LogP) is 3.73. The van der Waals surface area contributed by atoms with Gasteiger partial charge in [-0.05, 0) is 24.9 Å². The molecule has 0 bridgehead atoms. The van der Waals surface area contributed by atoms with Gasteiger partial charge >= 0.3 is 0 Å². The van der Waals surface area contributed by atoms with Gasteiger partial charge in [-0.15, -0.1) is 36.2 Å². The summed E-state index contributed by atoms with van der Waals surface area (Å²) >= 11 is 1.83. The highest BCUT2D eigenvalue weighted by atomic mass is 35.5. The summed E-state index contributed by atoms with van der Waals surface area (Å²) in [7, 11) is 0. The van der Waals surface area contributed by atoms with Crippen LogP contribution in [-0.2, 0) is 13.0 Å². The van der Waals surface area contributed by atoms with Crippen molar-refractivity contribution in [2.75, 3.05) is 18.0 Å². The first-order valence-corrected chi connectivity index (χ1v) is 8.59. The van der Waals surface area contributed by atoms with Gasteiger partial charge in [0.15, 0.2) is 0 Å². The van der Waals surface area contributed by atoms with Gasteiger partial charge < -0.3 is 10.2 Å². The van der Waals surface area contributed by atoms with Crippen LogP contribution in [0.15, 0.2) is 18.5 Å². The van der Waals surface area contributed by atoms with E-state index in [9.17, 15) is 0 Å². The quantitative estimate of drug-likeness (QED) is 0.833. The largest absolute Gasteiger partial charge is 0.346 e. The lowest BCUT2D eigenvalue weighted by Crippen LogP contribution is -2.31. The molecule has 0 aromatic carbocycles. The highest BCUT2D eigenvalue weighted by molar-refractivity contribution is 7.19. The molecule has 7 heteroatoms. The minimum Gasteiger partial charge on any atom is -0.346 e. The van der Waals surface area contributed by atoms with Crippen LogP contribution in [0.3, 0.4) is 0 Å². The van der Waals surface area contributed by atoms with Crippen LogP contribution in [0.5, 0.6) is 0 Å². The van der Waals surface area contributed by atoms with E-state index in [4.69, 9.17) is 0 Å². The molecule has 2 aromatic rings. The molecule has 4 rings (SSSR count). The fourth-order valence-corrected chi connectivity index (χ4v) is 4.57. The first-order valence-electron chi connectivity index (χ1n) is 7.77. The Balaban J connectivity index is 0.000000960. The Morgan fingerprint density at radius 2 is 2.22 bits per heavy atom. The van der Waals surface area contributed by atoms with Crippen LogP contribution in [0.2, 0.25) is 0 Å². The lowest BCUT2D eigenvalue weighted by atomic mass is 10.1. The van der Waals surface area contributed by atoms with Crippen LogP contribution in [0, 0.1) is 0 Å². The van der Waals surface area contributed by atoms with E-state index in [1.54, 1.807) is 6.33 Å². The van der Waals surface area contributed by atoms with Gasteiger partial charge in [-0.2, -0.15) is 0 Å². The molecule has 0 spiro atoms. The van der Waals surface area contributed by atoms with E-state index in [2.05, 4.69) is 39.3 Å². The highest BCUT2D eigenvalue weighted by Crippen LogP contribution is 2.38. The second-order valence-electron chi connectivity index (χ2n) is 5.74. The molecule has 4 heterocycles. The molecule has 0 amide bonds. The molecule has 0 radical (unpaired) electrons. The van der Waals surface area contributed by atoms with Gasteiger partial charge in [-0.25, -0.2) is 9.97 Å². The topological polar surface area (TPSA) is 41.1 Å². The summed E-state index contributed by atoms with van der Waals surface area (Å²) in [5, 5.41) is 4.77. The normalized spacial score (nSPS) is 19.3. The standard InChI is InChI=1S/C16H20N4S.2ClH/c1-2-4-11-5-3-8-20(11)15-14-12-6-7-17-9-13(12)21-16(14)19-10-18-15;;/h3,5,10-11,17H,2,4,6-9H2,1H3;2*1H. The third kappa shape index (κ3) is 3.20. The number of fused-ring (bicyclic) bond motifs is 3. The van der Waals surface area contributed by atoms with Gasteiger partial charge in [-0.3, -0.25) is 0 Å². The molecular weight excluding hydrogens is 351 g/mol. The molecular formula is C16H22Cl2N4S. The van der Waals surface area contributed by atoms with Crippen molar-refractivity contribution in [1.82, 2.24) is 15.3 Å². The van der Waals surface area contributed by atoms with Crippen LogP contribution in [0.1, 0.15) is 30.2 Å². The molecule has 2 aliphatic rings. The zero-order valence-corrected chi connectivity index (χ0v) is 15.6. The number of hydrogen-bond donors (Lipinski definition) is 1. The van der Waals surface area contributed by atoms with Gasteiger partial charge in [0.2, 0.25) is 0 Å². The number of halogens is 2. The molecule has 1 atom stereocenters. The number of hydrogen-bond acceptors (Lipinski definition) is 5. The number of nitrogens with one attached hydrogen (secondary N) is 1. The van der Waals surface area contributed by atoms with E-state index >= 15 is 0 Å². The van der Waals surface area contributed by atoms with E-state index in [-0.39, 0.29) is 24.8 Å². The smallest absolute Gasteiger partial charge is 0.141 e. The van der Waals surface area contributed by atoms with Gasteiger partial charge in [0.1, 0.15) is 17.0 Å².